The van der Waals surface area contributed by atoms with Crippen LogP contribution in [0.4, 0.5) is 0 Å². The topological polar surface area (TPSA) is 31.6 Å². The number of hydrogen-bond donors (Lipinski definition) is 0. The molecule has 1 aliphatic rings. The first-order valence-corrected chi connectivity index (χ1v) is 8.12. The number of furan rings is 1. The summed E-state index contributed by atoms with van der Waals surface area (Å²) < 4.78 is 18.2. The molecule has 0 bridgehead atoms. The Bertz CT molecular complexity index is 897. The number of halogens is 1. The molecule has 0 N–H and O–H groups in total. The summed E-state index contributed by atoms with van der Waals surface area (Å²) in [5, 5.41) is 2.77. The van der Waals surface area contributed by atoms with Crippen molar-refractivity contribution in [1.29, 1.82) is 0 Å². The van der Waals surface area contributed by atoms with E-state index >= 15 is 0 Å². The maximum Gasteiger partial charge on any atom is 0.494 e. The van der Waals surface area contributed by atoms with E-state index in [1.165, 1.54) is 0 Å². The van der Waals surface area contributed by atoms with Gasteiger partial charge in [0.15, 0.2) is 0 Å². The predicted octanol–water partition coefficient (Wildman–Crippen LogP) is 4.54. The molecule has 0 saturated carbocycles. The van der Waals surface area contributed by atoms with Crippen molar-refractivity contribution in [2.45, 2.75) is 38.9 Å². The van der Waals surface area contributed by atoms with Crippen LogP contribution < -0.4 is 5.46 Å². The van der Waals surface area contributed by atoms with Crippen molar-refractivity contribution >= 4 is 46.1 Å². The van der Waals surface area contributed by atoms with Gasteiger partial charge in [-0.2, -0.15) is 0 Å². The van der Waals surface area contributed by atoms with Gasteiger partial charge in [0.25, 0.3) is 0 Å². The van der Waals surface area contributed by atoms with Gasteiger partial charge in [-0.05, 0) is 57.4 Å². The molecule has 0 atom stereocenters. The van der Waals surface area contributed by atoms with Crippen molar-refractivity contribution in [1.82, 2.24) is 0 Å². The SMILES string of the molecule is CC1(C)OB(c2ccc3c(c2)oc2ccc(Cl)cc23)OC1(C)C. The van der Waals surface area contributed by atoms with E-state index in [1.807, 2.05) is 36.4 Å². The molecule has 3 nitrogen and oxygen atoms in total. The molecule has 0 unspecified atom stereocenters. The van der Waals surface area contributed by atoms with E-state index < -0.39 is 0 Å². The summed E-state index contributed by atoms with van der Waals surface area (Å²) in [5.74, 6) is 0. The van der Waals surface area contributed by atoms with Crippen LogP contribution in [0.25, 0.3) is 21.9 Å². The van der Waals surface area contributed by atoms with Gasteiger partial charge in [0.2, 0.25) is 0 Å². The average molecular weight is 329 g/mol. The molecule has 5 heteroatoms. The lowest BCUT2D eigenvalue weighted by atomic mass is 9.79. The fraction of sp³-hybridized carbons (Fsp3) is 0.333. The van der Waals surface area contributed by atoms with Crippen LogP contribution in [0.2, 0.25) is 5.02 Å². The highest BCUT2D eigenvalue weighted by molar-refractivity contribution is 6.62. The smallest absolute Gasteiger partial charge is 0.456 e. The normalized spacial score (nSPS) is 19.8. The third-order valence-corrected chi connectivity index (χ3v) is 5.22. The zero-order chi connectivity index (χ0) is 16.4. The van der Waals surface area contributed by atoms with Gasteiger partial charge in [0.05, 0.1) is 11.2 Å². The summed E-state index contributed by atoms with van der Waals surface area (Å²) in [4.78, 5) is 0. The molecule has 2 heterocycles. The zero-order valence-electron chi connectivity index (χ0n) is 13.6. The highest BCUT2D eigenvalue weighted by Gasteiger charge is 2.51. The molecule has 0 radical (unpaired) electrons. The Balaban J connectivity index is 1.80. The largest absolute Gasteiger partial charge is 0.494 e. The summed E-state index contributed by atoms with van der Waals surface area (Å²) in [7, 11) is -0.388. The maximum atomic E-state index is 6.11. The van der Waals surface area contributed by atoms with Gasteiger partial charge in [-0.15, -0.1) is 0 Å². The van der Waals surface area contributed by atoms with Crippen molar-refractivity contribution in [2.24, 2.45) is 0 Å². The van der Waals surface area contributed by atoms with Crippen molar-refractivity contribution < 1.29 is 13.7 Å². The van der Waals surface area contributed by atoms with Crippen molar-refractivity contribution in [3.8, 4) is 0 Å². The van der Waals surface area contributed by atoms with Crippen LogP contribution in [0.5, 0.6) is 0 Å². The van der Waals surface area contributed by atoms with Crippen LogP contribution >= 0.6 is 11.6 Å². The molecular weight excluding hydrogens is 310 g/mol. The molecule has 1 saturated heterocycles. The van der Waals surface area contributed by atoms with Gasteiger partial charge in [-0.3, -0.25) is 0 Å². The van der Waals surface area contributed by atoms with Gasteiger partial charge in [-0.1, -0.05) is 23.7 Å². The number of benzene rings is 2. The second-order valence-corrected chi connectivity index (χ2v) is 7.52. The third-order valence-electron chi connectivity index (χ3n) is 4.98. The van der Waals surface area contributed by atoms with E-state index in [-0.39, 0.29) is 18.3 Å². The van der Waals surface area contributed by atoms with Gasteiger partial charge in [0.1, 0.15) is 11.2 Å². The van der Waals surface area contributed by atoms with Gasteiger partial charge in [0, 0.05) is 15.8 Å². The molecule has 3 aromatic rings. The molecule has 1 aromatic heterocycles. The third kappa shape index (κ3) is 2.28. The Kier molecular flexibility index (Phi) is 3.12. The van der Waals surface area contributed by atoms with Crippen molar-refractivity contribution in [3.63, 3.8) is 0 Å². The first-order valence-electron chi connectivity index (χ1n) is 7.74. The summed E-state index contributed by atoms with van der Waals surface area (Å²) in [6.45, 7) is 8.20. The van der Waals surface area contributed by atoms with Gasteiger partial charge in [-0.25, -0.2) is 0 Å². The quantitative estimate of drug-likeness (QED) is 0.615. The first kappa shape index (κ1) is 15.1. The lowest BCUT2D eigenvalue weighted by Gasteiger charge is -2.32. The lowest BCUT2D eigenvalue weighted by Crippen LogP contribution is -2.41. The molecule has 118 valence electrons. The van der Waals surface area contributed by atoms with E-state index in [1.54, 1.807) is 0 Å². The van der Waals surface area contributed by atoms with Gasteiger partial charge < -0.3 is 13.7 Å². The van der Waals surface area contributed by atoms with Crippen LogP contribution in [-0.4, -0.2) is 18.3 Å². The number of hydrogen-bond acceptors (Lipinski definition) is 3. The predicted molar refractivity (Wildman–Crippen MR) is 94.4 cm³/mol. The number of fused-ring (bicyclic) bond motifs is 3. The summed E-state index contributed by atoms with van der Waals surface area (Å²) in [5.41, 5.74) is 1.90. The molecule has 0 amide bonds. The molecule has 1 fully saturated rings. The van der Waals surface area contributed by atoms with E-state index in [0.717, 1.165) is 27.4 Å². The van der Waals surface area contributed by atoms with Crippen LogP contribution in [0.15, 0.2) is 40.8 Å². The molecule has 0 spiro atoms. The molecule has 23 heavy (non-hydrogen) atoms. The molecular formula is C18H18BClO3. The minimum atomic E-state index is -0.388. The second-order valence-electron chi connectivity index (χ2n) is 7.09. The summed E-state index contributed by atoms with van der Waals surface area (Å²) in [6, 6.07) is 11.7. The Hall–Kier alpha value is -1.49. The lowest BCUT2D eigenvalue weighted by molar-refractivity contribution is 0.00578. The molecule has 2 aromatic carbocycles. The fourth-order valence-corrected chi connectivity index (χ4v) is 3.06. The van der Waals surface area contributed by atoms with E-state index in [0.29, 0.717) is 5.02 Å². The maximum absolute atomic E-state index is 6.11. The Morgan fingerprint density at radius 3 is 2.22 bits per heavy atom. The highest BCUT2D eigenvalue weighted by atomic mass is 35.5. The number of rotatable bonds is 1. The van der Waals surface area contributed by atoms with Gasteiger partial charge >= 0.3 is 7.12 Å². The average Bonchev–Trinajstić information content (AvgIpc) is 2.92. The minimum Gasteiger partial charge on any atom is -0.456 e. The molecule has 1 aliphatic heterocycles. The van der Waals surface area contributed by atoms with E-state index in [2.05, 4.69) is 27.7 Å². The summed E-state index contributed by atoms with van der Waals surface area (Å²) >= 11 is 6.09. The van der Waals surface area contributed by atoms with Crippen molar-refractivity contribution in [3.05, 3.63) is 41.4 Å². The summed E-state index contributed by atoms with van der Waals surface area (Å²) in [6.07, 6.45) is 0. The Morgan fingerprint density at radius 1 is 0.826 bits per heavy atom. The highest BCUT2D eigenvalue weighted by Crippen LogP contribution is 2.37. The minimum absolute atomic E-state index is 0.353. The molecule has 4 rings (SSSR count). The van der Waals surface area contributed by atoms with Crippen molar-refractivity contribution in [2.75, 3.05) is 0 Å². The van der Waals surface area contributed by atoms with E-state index in [9.17, 15) is 0 Å². The van der Waals surface area contributed by atoms with Crippen LogP contribution in [0.1, 0.15) is 27.7 Å². The molecule has 0 aliphatic carbocycles. The second kappa shape index (κ2) is 4.76. The van der Waals surface area contributed by atoms with Crippen LogP contribution in [0, 0.1) is 0 Å². The van der Waals surface area contributed by atoms with Crippen LogP contribution in [-0.2, 0) is 9.31 Å². The standard InChI is InChI=1S/C18H18BClO3/c1-17(2)18(3,4)23-19(22-17)11-5-7-13-14-10-12(20)6-8-15(14)21-16(13)9-11/h5-10H,1-4H3. The fourth-order valence-electron chi connectivity index (χ4n) is 2.89. The van der Waals surface area contributed by atoms with E-state index in [4.69, 9.17) is 25.3 Å². The zero-order valence-corrected chi connectivity index (χ0v) is 14.4. The Labute approximate surface area is 140 Å². The van der Waals surface area contributed by atoms with Crippen LogP contribution in [0.3, 0.4) is 0 Å². The monoisotopic (exact) mass is 328 g/mol. The first-order chi connectivity index (χ1) is 10.8. The Morgan fingerprint density at radius 2 is 1.52 bits per heavy atom.